The summed E-state index contributed by atoms with van der Waals surface area (Å²) in [4.78, 5) is 0. The van der Waals surface area contributed by atoms with Gasteiger partial charge in [-0.25, -0.2) is 0 Å². The second kappa shape index (κ2) is 9.09. The number of nitrogens with two attached hydrogens (primary N) is 2. The molecule has 4 nitrogen and oxygen atoms in total. The van der Waals surface area contributed by atoms with Gasteiger partial charge in [0.2, 0.25) is 0 Å². The van der Waals surface area contributed by atoms with Crippen molar-refractivity contribution in [1.29, 1.82) is 5.41 Å². The van der Waals surface area contributed by atoms with E-state index in [2.05, 4.69) is 11.5 Å². The fourth-order valence-corrected chi connectivity index (χ4v) is 0. The van der Waals surface area contributed by atoms with E-state index in [0.29, 0.717) is 0 Å². The summed E-state index contributed by atoms with van der Waals surface area (Å²) in [5.74, 6) is -0.333. The molecule has 7 N–H and O–H groups in total. The van der Waals surface area contributed by atoms with Crippen LogP contribution in [0, 0.1) is 5.41 Å². The summed E-state index contributed by atoms with van der Waals surface area (Å²) >= 11 is 0. The third kappa shape index (κ3) is 228. The third-order valence-electron chi connectivity index (χ3n) is 0. The Balaban J connectivity index is -0.00000000750. The molecule has 0 saturated carbocycles. The number of nitrogens with one attached hydrogen (secondary N) is 1. The van der Waals surface area contributed by atoms with Gasteiger partial charge >= 0.3 is 37.7 Å². The van der Waals surface area contributed by atoms with E-state index < -0.39 is 0 Å². The standard InChI is InChI=1S/CH5N3.Ca.H2O.2H/c2-1(3)4;;;;/h(H5,2,3,4);;1H2;;/q;+2;;2*-1. The quantitative estimate of drug-likeness (QED) is 0.192. The van der Waals surface area contributed by atoms with Crippen molar-refractivity contribution in [3.63, 3.8) is 0 Å². The first kappa shape index (κ1) is 16.1. The van der Waals surface area contributed by atoms with Crippen molar-refractivity contribution in [3.05, 3.63) is 0 Å². The van der Waals surface area contributed by atoms with E-state index in [1.807, 2.05) is 0 Å². The van der Waals surface area contributed by atoms with Crippen LogP contribution in [0.3, 0.4) is 0 Å². The maximum atomic E-state index is 6.06. The molecule has 0 aliphatic heterocycles. The predicted molar refractivity (Wildman–Crippen MR) is 27.7 cm³/mol. The number of rotatable bonds is 0. The molecule has 0 atom stereocenters. The van der Waals surface area contributed by atoms with Gasteiger partial charge < -0.3 is 19.8 Å². The minimum absolute atomic E-state index is 0. The van der Waals surface area contributed by atoms with Crippen LogP contribution in [-0.2, 0) is 0 Å². The summed E-state index contributed by atoms with van der Waals surface area (Å²) in [5, 5.41) is 6.06. The molecule has 0 radical (unpaired) electrons. The SMILES string of the molecule is N=C(N)N.O.[Ca+2].[H-].[H-]. The molecule has 0 heterocycles. The Kier molecular flexibility index (Phi) is 24.3. The molecule has 0 aromatic rings. The van der Waals surface area contributed by atoms with Crippen molar-refractivity contribution in [3.8, 4) is 0 Å². The molecule has 5 heteroatoms. The summed E-state index contributed by atoms with van der Waals surface area (Å²) in [7, 11) is 0. The second-order valence-corrected chi connectivity index (χ2v) is 0.455. The summed E-state index contributed by atoms with van der Waals surface area (Å²) in [6.45, 7) is 0. The average Bonchev–Trinajstić information content (AvgIpc) is 0.811. The van der Waals surface area contributed by atoms with Gasteiger partial charge in [-0.1, -0.05) is 0 Å². The third-order valence-corrected chi connectivity index (χ3v) is 0. The van der Waals surface area contributed by atoms with Crippen LogP contribution in [0.25, 0.3) is 0 Å². The van der Waals surface area contributed by atoms with Gasteiger partial charge in [-0.05, 0) is 0 Å². The molecule has 0 fully saturated rings. The molecule has 0 aromatic carbocycles. The molecule has 0 rings (SSSR count). The number of hydrogen-bond donors (Lipinski definition) is 3. The van der Waals surface area contributed by atoms with Crippen molar-refractivity contribution in [2.75, 3.05) is 0 Å². The average molecular weight is 119 g/mol. The van der Waals surface area contributed by atoms with Crippen molar-refractivity contribution >= 4 is 43.7 Å². The van der Waals surface area contributed by atoms with Crippen molar-refractivity contribution in [2.45, 2.75) is 0 Å². The molecule has 6 heavy (non-hydrogen) atoms. The Morgan fingerprint density at radius 1 is 1.50 bits per heavy atom. The van der Waals surface area contributed by atoms with Crippen LogP contribution in [0.4, 0.5) is 0 Å². The molecule has 0 amide bonds. The fraction of sp³-hybridized carbons (Fsp3) is 0. The Morgan fingerprint density at radius 2 is 1.50 bits per heavy atom. The largest absolute Gasteiger partial charge is 2.00 e. The first-order valence-corrected chi connectivity index (χ1v) is 0.827. The summed E-state index contributed by atoms with van der Waals surface area (Å²) in [6, 6.07) is 0. The van der Waals surface area contributed by atoms with Crippen LogP contribution in [0.1, 0.15) is 2.85 Å². The Labute approximate surface area is 68.7 Å². The first-order valence-electron chi connectivity index (χ1n) is 0.827. The number of guanidine groups is 1. The van der Waals surface area contributed by atoms with Crippen molar-refractivity contribution in [2.24, 2.45) is 11.5 Å². The first-order chi connectivity index (χ1) is 1.73. The van der Waals surface area contributed by atoms with E-state index in [-0.39, 0.29) is 52.0 Å². The van der Waals surface area contributed by atoms with Crippen LogP contribution in [0.2, 0.25) is 0 Å². The minimum atomic E-state index is -0.333. The normalized spacial score (nSPS) is 4.00. The topological polar surface area (TPSA) is 107 Å². The van der Waals surface area contributed by atoms with E-state index in [9.17, 15) is 0 Å². The van der Waals surface area contributed by atoms with E-state index in [1.165, 1.54) is 0 Å². The van der Waals surface area contributed by atoms with Crippen LogP contribution in [-0.4, -0.2) is 49.2 Å². The van der Waals surface area contributed by atoms with Crippen LogP contribution in [0.15, 0.2) is 0 Å². The van der Waals surface area contributed by atoms with Gasteiger partial charge in [0, 0.05) is 0 Å². The van der Waals surface area contributed by atoms with Gasteiger partial charge in [-0.2, -0.15) is 0 Å². The van der Waals surface area contributed by atoms with Gasteiger partial charge in [0.15, 0.2) is 5.96 Å². The molecule has 36 valence electrons. The van der Waals surface area contributed by atoms with Crippen molar-refractivity contribution in [1.82, 2.24) is 0 Å². The maximum absolute atomic E-state index is 6.06. The molecular weight excluding hydrogens is 110 g/mol. The molecule has 0 spiro atoms. The van der Waals surface area contributed by atoms with Gasteiger partial charge in [0.1, 0.15) is 0 Å². The zero-order valence-corrected chi connectivity index (χ0v) is 5.57. The van der Waals surface area contributed by atoms with Crippen LogP contribution < -0.4 is 11.5 Å². The minimum Gasteiger partial charge on any atom is -1.00 e. The summed E-state index contributed by atoms with van der Waals surface area (Å²) in [6.07, 6.45) is 0. The Morgan fingerprint density at radius 3 is 1.50 bits per heavy atom. The van der Waals surface area contributed by atoms with Gasteiger partial charge in [-0.15, -0.1) is 0 Å². The molecule has 0 aliphatic rings. The maximum Gasteiger partial charge on any atom is 2.00 e. The molecule has 0 unspecified atom stereocenters. The van der Waals surface area contributed by atoms with Crippen LogP contribution in [0.5, 0.6) is 0 Å². The van der Waals surface area contributed by atoms with Gasteiger partial charge in [0.05, 0.1) is 0 Å². The second-order valence-electron chi connectivity index (χ2n) is 0.455. The van der Waals surface area contributed by atoms with Crippen molar-refractivity contribution < 1.29 is 8.33 Å². The zero-order valence-electron chi connectivity index (χ0n) is 5.36. The van der Waals surface area contributed by atoms with E-state index >= 15 is 0 Å². The Hall–Kier alpha value is 0.490. The van der Waals surface area contributed by atoms with Gasteiger partial charge in [0.25, 0.3) is 0 Å². The van der Waals surface area contributed by atoms with E-state index in [0.717, 1.165) is 0 Å². The summed E-state index contributed by atoms with van der Waals surface area (Å²) < 4.78 is 0. The molecule has 0 aromatic heterocycles. The van der Waals surface area contributed by atoms with E-state index in [4.69, 9.17) is 5.41 Å². The molecule has 0 saturated heterocycles. The number of hydrogen-bond acceptors (Lipinski definition) is 1. The molecule has 0 bridgehead atoms. The zero-order chi connectivity index (χ0) is 3.58. The molecule has 0 aliphatic carbocycles. The van der Waals surface area contributed by atoms with E-state index in [1.54, 1.807) is 0 Å². The fourth-order valence-electron chi connectivity index (χ4n) is 0. The van der Waals surface area contributed by atoms with Gasteiger partial charge in [-0.3, -0.25) is 5.41 Å². The predicted octanol–water partition coefficient (Wildman–Crippen LogP) is -2.14. The summed E-state index contributed by atoms with van der Waals surface area (Å²) in [5.41, 5.74) is 8.94. The Bertz CT molecular complexity index is 40.3. The van der Waals surface area contributed by atoms with Crippen LogP contribution >= 0.6 is 0 Å². The molecular formula is CH9CaN3O. The smallest absolute Gasteiger partial charge is 1.00 e. The monoisotopic (exact) mass is 119 g/mol.